The van der Waals surface area contributed by atoms with Crippen LogP contribution in [0.1, 0.15) is 82.7 Å². The van der Waals surface area contributed by atoms with Crippen LogP contribution in [0.15, 0.2) is 78.0 Å². The number of hydrogen-bond acceptors (Lipinski definition) is 0. The van der Waals surface area contributed by atoms with Crippen molar-refractivity contribution in [2.24, 2.45) is 0 Å². The maximum atomic E-state index is 3.67. The first kappa shape index (κ1) is 37.7. The molecular weight excluding hydrogens is 635 g/mol. The van der Waals surface area contributed by atoms with Gasteiger partial charge in [0.2, 0.25) is 0 Å². The summed E-state index contributed by atoms with van der Waals surface area (Å²) in [5.41, 5.74) is 10.1. The van der Waals surface area contributed by atoms with Crippen molar-refractivity contribution in [3.05, 3.63) is 118 Å². The predicted octanol–water partition coefficient (Wildman–Crippen LogP) is 10.8. The van der Waals surface area contributed by atoms with Crippen LogP contribution < -0.4 is 0 Å². The molecule has 0 amide bonds. The van der Waals surface area contributed by atoms with Gasteiger partial charge in [-0.1, -0.05) is 84.9 Å². The molecule has 218 valence electrons. The minimum Gasteiger partial charge on any atom is -0.273 e. The molecule has 0 saturated heterocycles. The molecule has 0 spiro atoms. The van der Waals surface area contributed by atoms with Crippen molar-refractivity contribution in [3.63, 3.8) is 0 Å². The van der Waals surface area contributed by atoms with Gasteiger partial charge in [0.15, 0.2) is 0 Å². The third kappa shape index (κ3) is 10.7. The third-order valence-electron chi connectivity index (χ3n) is 7.23. The van der Waals surface area contributed by atoms with Crippen LogP contribution in [0.2, 0.25) is 19.6 Å². The van der Waals surface area contributed by atoms with E-state index in [9.17, 15) is 0 Å². The summed E-state index contributed by atoms with van der Waals surface area (Å²) in [6, 6.07) is 25.6. The van der Waals surface area contributed by atoms with Gasteiger partial charge in [0.25, 0.3) is 0 Å². The minimum absolute atomic E-state index is 0. The first-order valence-electron chi connectivity index (χ1n) is 14.1. The molecule has 3 aromatic rings. The molecule has 5 rings (SSSR count). The molecule has 3 aromatic carbocycles. The summed E-state index contributed by atoms with van der Waals surface area (Å²) in [5.74, 6) is 0. The second-order valence-corrected chi connectivity index (χ2v) is 20.7. The van der Waals surface area contributed by atoms with Gasteiger partial charge in [-0.25, -0.2) is 11.3 Å². The fourth-order valence-corrected chi connectivity index (χ4v) is 6.29. The van der Waals surface area contributed by atoms with Gasteiger partial charge < -0.3 is 0 Å². The molecule has 0 nitrogen and oxygen atoms in total. The van der Waals surface area contributed by atoms with Crippen molar-refractivity contribution in [2.75, 3.05) is 0 Å². The Bertz CT molecular complexity index is 1300. The Balaban J connectivity index is 0.000000351. The molecule has 2 aliphatic rings. The molecule has 0 saturated carbocycles. The summed E-state index contributed by atoms with van der Waals surface area (Å²) < 4.78 is 1.46. The van der Waals surface area contributed by atoms with Crippen LogP contribution in [0.3, 0.4) is 0 Å². The number of benzene rings is 3. The van der Waals surface area contributed by atoms with E-state index < -0.39 is 8.07 Å². The molecular formula is C37H48Cl2SiZr. The SMILES string of the molecule is CC(C)(C)c1[c-]c2c(cc1)-c1ccc(C(C)(C)C)cc1C2.C[C](=[Zr+2])c1ccccc1.C[Si](C)(C)C1=CC[C-]=C1.Cl.Cl. The summed E-state index contributed by atoms with van der Waals surface area (Å²) >= 11 is 1.51. The van der Waals surface area contributed by atoms with Gasteiger partial charge in [0.05, 0.1) is 0 Å². The van der Waals surface area contributed by atoms with Gasteiger partial charge in [-0.05, 0) is 36.5 Å². The van der Waals surface area contributed by atoms with E-state index in [1.807, 2.05) is 6.07 Å². The first-order chi connectivity index (χ1) is 18.1. The average Bonchev–Trinajstić information content (AvgIpc) is 3.52. The van der Waals surface area contributed by atoms with Gasteiger partial charge in [0, 0.05) is 0 Å². The zero-order valence-corrected chi connectivity index (χ0v) is 31.7. The number of allylic oxidation sites excluding steroid dienone is 4. The Morgan fingerprint density at radius 1 is 0.805 bits per heavy atom. The van der Waals surface area contributed by atoms with E-state index in [4.69, 9.17) is 0 Å². The Hall–Kier alpha value is -1.31. The second-order valence-electron chi connectivity index (χ2n) is 13.8. The normalized spacial score (nSPS) is 13.2. The fraction of sp³-hybridized carbons (Fsp3) is 0.378. The van der Waals surface area contributed by atoms with E-state index in [0.717, 1.165) is 12.8 Å². The van der Waals surface area contributed by atoms with Crippen LogP contribution >= 0.6 is 24.8 Å². The average molecular weight is 683 g/mol. The van der Waals surface area contributed by atoms with Gasteiger partial charge in [0.1, 0.15) is 0 Å². The molecule has 0 N–H and O–H groups in total. The number of fused-ring (bicyclic) bond motifs is 3. The van der Waals surface area contributed by atoms with Crippen molar-refractivity contribution < 1.29 is 24.2 Å². The standard InChI is InChI=1S/C21H25.C8H13Si.C8H8.2ClH.Zr/c1-20(2,3)16-7-9-18-14(12-16)11-15-13-17(21(4,5)6)8-10-19(15)18;1-9(2,3)8-6-4-5-7-8;1-2-8-6-4-3-5-7-8;;;/h7-10,12H,11H2,1-6H3;6-7H,4H2,1-3H3;3-7H,1H3;2*1H;/q2*-1;;;;+2. The molecule has 0 unspecified atom stereocenters. The zero-order valence-electron chi connectivity index (χ0n) is 26.7. The molecule has 0 bridgehead atoms. The smallest absolute Gasteiger partial charge is 0.0114 e. The summed E-state index contributed by atoms with van der Waals surface area (Å²) in [5, 5.41) is 1.56. The van der Waals surface area contributed by atoms with E-state index in [1.165, 1.54) is 66.4 Å². The maximum Gasteiger partial charge on any atom is -0.0114 e. The molecule has 0 heterocycles. The van der Waals surface area contributed by atoms with Crippen molar-refractivity contribution in [2.45, 2.75) is 91.8 Å². The minimum atomic E-state index is -0.981. The largest absolute Gasteiger partial charge is 0.273 e. The zero-order chi connectivity index (χ0) is 29.0. The monoisotopic (exact) mass is 680 g/mol. The van der Waals surface area contributed by atoms with Gasteiger partial charge >= 0.3 is 70.3 Å². The van der Waals surface area contributed by atoms with E-state index in [1.54, 1.807) is 5.20 Å². The van der Waals surface area contributed by atoms with Crippen LogP contribution in [-0.4, -0.2) is 11.3 Å². The molecule has 0 aliphatic heterocycles. The van der Waals surface area contributed by atoms with E-state index in [2.05, 4.69) is 147 Å². The Morgan fingerprint density at radius 2 is 1.41 bits per heavy atom. The van der Waals surface area contributed by atoms with Crippen molar-refractivity contribution in [1.82, 2.24) is 0 Å². The molecule has 41 heavy (non-hydrogen) atoms. The fourth-order valence-electron chi connectivity index (χ4n) is 4.64. The van der Waals surface area contributed by atoms with Crippen LogP contribution in [0.5, 0.6) is 0 Å². The number of halogens is 2. The van der Waals surface area contributed by atoms with Crippen LogP contribution in [-0.2, 0) is 41.5 Å². The molecule has 0 atom stereocenters. The Labute approximate surface area is 279 Å². The first-order valence-corrected chi connectivity index (χ1v) is 18.9. The number of hydrogen-bond donors (Lipinski definition) is 0. The number of rotatable bonds is 2. The van der Waals surface area contributed by atoms with Gasteiger partial charge in [-0.3, -0.25) is 6.08 Å². The Kier molecular flexibility index (Phi) is 14.2. The summed E-state index contributed by atoms with van der Waals surface area (Å²) in [7, 11) is -0.981. The second kappa shape index (κ2) is 15.4. The van der Waals surface area contributed by atoms with Crippen LogP contribution in [0.25, 0.3) is 11.1 Å². The van der Waals surface area contributed by atoms with E-state index in [0.29, 0.717) is 0 Å². The van der Waals surface area contributed by atoms with Crippen LogP contribution in [0.4, 0.5) is 0 Å². The molecule has 2 aliphatic carbocycles. The Morgan fingerprint density at radius 3 is 1.85 bits per heavy atom. The molecule has 4 heteroatoms. The molecule has 0 aromatic heterocycles. The maximum absolute atomic E-state index is 3.67. The van der Waals surface area contributed by atoms with Gasteiger partial charge in [-0.15, -0.1) is 42.4 Å². The molecule has 0 fully saturated rings. The van der Waals surface area contributed by atoms with Crippen molar-refractivity contribution in [3.8, 4) is 11.1 Å². The predicted molar refractivity (Wildman–Crippen MR) is 185 cm³/mol. The summed E-state index contributed by atoms with van der Waals surface area (Å²) in [6.07, 6.45) is 9.72. The van der Waals surface area contributed by atoms with E-state index >= 15 is 0 Å². The van der Waals surface area contributed by atoms with Crippen LogP contribution in [0, 0.1) is 12.1 Å². The van der Waals surface area contributed by atoms with Crippen molar-refractivity contribution in [1.29, 1.82) is 0 Å². The topological polar surface area (TPSA) is 0 Å². The quantitative estimate of drug-likeness (QED) is 0.146. The third-order valence-corrected chi connectivity index (χ3v) is 10.0. The summed E-state index contributed by atoms with van der Waals surface area (Å²) in [6.45, 7) is 22.9. The van der Waals surface area contributed by atoms with Crippen molar-refractivity contribution >= 4 is 36.1 Å². The van der Waals surface area contributed by atoms with E-state index in [-0.39, 0.29) is 35.6 Å². The summed E-state index contributed by atoms with van der Waals surface area (Å²) in [4.78, 5) is 0. The molecule has 0 radical (unpaired) electrons. The van der Waals surface area contributed by atoms with Gasteiger partial charge in [-0.2, -0.15) is 29.8 Å².